The van der Waals surface area contributed by atoms with Gasteiger partial charge < -0.3 is 10.2 Å². The van der Waals surface area contributed by atoms with Crippen LogP contribution in [0.15, 0.2) is 0 Å². The largest absolute Gasteiger partial charge is 0.390 e. The van der Waals surface area contributed by atoms with Gasteiger partial charge in [0.1, 0.15) is 0 Å². The molecule has 2 heteroatoms. The van der Waals surface area contributed by atoms with Gasteiger partial charge in [-0.05, 0) is 12.8 Å². The van der Waals surface area contributed by atoms with E-state index in [1.165, 1.54) is 0 Å². The van der Waals surface area contributed by atoms with Crippen molar-refractivity contribution < 1.29 is 10.2 Å². The smallest absolute Gasteiger partial charge is 0.0799 e. The molecule has 0 aliphatic heterocycles. The van der Waals surface area contributed by atoms with E-state index in [9.17, 15) is 10.2 Å². The van der Waals surface area contributed by atoms with E-state index in [4.69, 9.17) is 0 Å². The minimum atomic E-state index is -0.509. The highest BCUT2D eigenvalue weighted by atomic mass is 16.3. The van der Waals surface area contributed by atoms with Gasteiger partial charge in [-0.1, -0.05) is 26.7 Å². The van der Waals surface area contributed by atoms with E-state index >= 15 is 0 Å². The van der Waals surface area contributed by atoms with Gasteiger partial charge in [0.05, 0.1) is 12.2 Å². The van der Waals surface area contributed by atoms with E-state index in [0.717, 1.165) is 12.8 Å². The maximum absolute atomic E-state index is 9.20. The minimum Gasteiger partial charge on any atom is -0.390 e. The second-order valence-electron chi connectivity index (χ2n) is 2.71. The summed E-state index contributed by atoms with van der Waals surface area (Å²) in [4.78, 5) is 0. The van der Waals surface area contributed by atoms with E-state index in [-0.39, 0.29) is 0 Å². The first-order valence-corrected chi connectivity index (χ1v) is 4.08. The number of hydrogen-bond acceptors (Lipinski definition) is 2. The zero-order chi connectivity index (χ0) is 7.98. The van der Waals surface area contributed by atoms with Crippen LogP contribution in [0.5, 0.6) is 0 Å². The minimum absolute atomic E-state index is 0.509. The third kappa shape index (κ3) is 3.85. The molecule has 0 aromatic carbocycles. The third-order valence-electron chi connectivity index (χ3n) is 1.61. The molecular formula is C8H18O2. The van der Waals surface area contributed by atoms with Crippen LogP contribution in [0.3, 0.4) is 0 Å². The number of rotatable bonds is 5. The van der Waals surface area contributed by atoms with Crippen molar-refractivity contribution in [2.75, 3.05) is 0 Å². The van der Waals surface area contributed by atoms with Crippen LogP contribution in [0.1, 0.15) is 39.5 Å². The second kappa shape index (κ2) is 5.69. The number of hydrogen-bond donors (Lipinski definition) is 2. The average Bonchev–Trinajstić information content (AvgIpc) is 1.89. The molecule has 0 unspecified atom stereocenters. The fraction of sp³-hybridized carbons (Fsp3) is 1.00. The fourth-order valence-electron chi connectivity index (χ4n) is 0.976. The van der Waals surface area contributed by atoms with Gasteiger partial charge in [-0.15, -0.1) is 0 Å². The summed E-state index contributed by atoms with van der Waals surface area (Å²) < 4.78 is 0. The van der Waals surface area contributed by atoms with Crippen LogP contribution >= 0.6 is 0 Å². The van der Waals surface area contributed by atoms with E-state index in [0.29, 0.717) is 12.8 Å². The Kier molecular flexibility index (Phi) is 5.64. The zero-order valence-electron chi connectivity index (χ0n) is 6.88. The Morgan fingerprint density at radius 2 is 1.20 bits per heavy atom. The van der Waals surface area contributed by atoms with E-state index in [2.05, 4.69) is 0 Å². The third-order valence-corrected chi connectivity index (χ3v) is 1.61. The molecule has 0 aromatic rings. The highest BCUT2D eigenvalue weighted by Crippen LogP contribution is 2.06. The van der Waals surface area contributed by atoms with Crippen molar-refractivity contribution in [3.8, 4) is 0 Å². The predicted octanol–water partition coefficient (Wildman–Crippen LogP) is 1.31. The summed E-state index contributed by atoms with van der Waals surface area (Å²) in [6.45, 7) is 4.00. The van der Waals surface area contributed by atoms with Crippen molar-refractivity contribution in [1.29, 1.82) is 0 Å². The first-order valence-electron chi connectivity index (χ1n) is 4.08. The van der Waals surface area contributed by atoms with Crippen molar-refractivity contribution in [2.24, 2.45) is 0 Å². The molecule has 0 amide bonds. The molecule has 0 aliphatic rings. The molecule has 0 aliphatic carbocycles. The van der Waals surface area contributed by atoms with Crippen LogP contribution in [0.25, 0.3) is 0 Å². The molecular weight excluding hydrogens is 128 g/mol. The summed E-state index contributed by atoms with van der Waals surface area (Å²) in [7, 11) is 0. The summed E-state index contributed by atoms with van der Waals surface area (Å²) in [5.74, 6) is 0. The Morgan fingerprint density at radius 1 is 0.900 bits per heavy atom. The maximum Gasteiger partial charge on any atom is 0.0799 e. The molecule has 0 heterocycles. The van der Waals surface area contributed by atoms with Crippen LogP contribution in [0.2, 0.25) is 0 Å². The summed E-state index contributed by atoms with van der Waals surface area (Å²) >= 11 is 0. The topological polar surface area (TPSA) is 40.5 Å². The van der Waals surface area contributed by atoms with Gasteiger partial charge >= 0.3 is 0 Å². The lowest BCUT2D eigenvalue weighted by Crippen LogP contribution is -2.25. The van der Waals surface area contributed by atoms with Crippen molar-refractivity contribution in [3.05, 3.63) is 0 Å². The van der Waals surface area contributed by atoms with Crippen molar-refractivity contribution in [1.82, 2.24) is 0 Å². The molecule has 0 saturated heterocycles. The average molecular weight is 146 g/mol. The molecule has 0 bridgehead atoms. The number of aliphatic hydroxyl groups excluding tert-OH is 2. The highest BCUT2D eigenvalue weighted by molar-refractivity contribution is 4.65. The van der Waals surface area contributed by atoms with Gasteiger partial charge in [0.15, 0.2) is 0 Å². The molecule has 2 atom stereocenters. The molecule has 0 aromatic heterocycles. The summed E-state index contributed by atoms with van der Waals surface area (Å²) in [5, 5.41) is 18.4. The normalized spacial score (nSPS) is 16.8. The molecule has 0 rings (SSSR count). The summed E-state index contributed by atoms with van der Waals surface area (Å²) in [6, 6.07) is 0. The standard InChI is InChI=1S/C8H18O2/c1-3-5-7(9)8(10)6-4-2/h7-10H,3-6H2,1-2H3/t7-,8-/m0/s1. The van der Waals surface area contributed by atoms with Crippen LogP contribution in [-0.4, -0.2) is 22.4 Å². The molecule has 2 nitrogen and oxygen atoms in total. The van der Waals surface area contributed by atoms with Crippen LogP contribution in [0.4, 0.5) is 0 Å². The summed E-state index contributed by atoms with van der Waals surface area (Å²) in [5.41, 5.74) is 0. The fourth-order valence-corrected chi connectivity index (χ4v) is 0.976. The Balaban J connectivity index is 3.38. The lowest BCUT2D eigenvalue weighted by Gasteiger charge is -2.15. The lowest BCUT2D eigenvalue weighted by atomic mass is 10.1. The Bertz CT molecular complexity index is 63.7. The van der Waals surface area contributed by atoms with Gasteiger partial charge in [-0.2, -0.15) is 0 Å². The van der Waals surface area contributed by atoms with Crippen molar-refractivity contribution in [2.45, 2.75) is 51.7 Å². The molecule has 0 radical (unpaired) electrons. The second-order valence-corrected chi connectivity index (χ2v) is 2.71. The molecule has 10 heavy (non-hydrogen) atoms. The van der Waals surface area contributed by atoms with Crippen LogP contribution in [-0.2, 0) is 0 Å². The summed E-state index contributed by atoms with van der Waals surface area (Å²) in [6.07, 6.45) is 2.27. The molecule has 0 saturated carbocycles. The first-order chi connectivity index (χ1) is 4.72. The van der Waals surface area contributed by atoms with Crippen molar-refractivity contribution >= 4 is 0 Å². The Labute approximate surface area is 62.9 Å². The Morgan fingerprint density at radius 3 is 1.40 bits per heavy atom. The van der Waals surface area contributed by atoms with Crippen LogP contribution < -0.4 is 0 Å². The van der Waals surface area contributed by atoms with Crippen molar-refractivity contribution in [3.63, 3.8) is 0 Å². The van der Waals surface area contributed by atoms with E-state index in [1.54, 1.807) is 0 Å². The molecule has 62 valence electrons. The lowest BCUT2D eigenvalue weighted by molar-refractivity contribution is 0.00923. The SMILES string of the molecule is CCC[C@H](O)[C@@H](O)CCC. The number of aliphatic hydroxyl groups is 2. The van der Waals surface area contributed by atoms with Gasteiger partial charge in [-0.3, -0.25) is 0 Å². The highest BCUT2D eigenvalue weighted by Gasteiger charge is 2.12. The van der Waals surface area contributed by atoms with E-state index < -0.39 is 12.2 Å². The molecule has 0 spiro atoms. The Hall–Kier alpha value is -0.0800. The monoisotopic (exact) mass is 146 g/mol. The first kappa shape index (κ1) is 9.92. The predicted molar refractivity (Wildman–Crippen MR) is 41.8 cm³/mol. The van der Waals surface area contributed by atoms with Gasteiger partial charge in [0.2, 0.25) is 0 Å². The quantitative estimate of drug-likeness (QED) is 0.614. The van der Waals surface area contributed by atoms with Crippen LogP contribution in [0, 0.1) is 0 Å². The van der Waals surface area contributed by atoms with E-state index in [1.807, 2.05) is 13.8 Å². The van der Waals surface area contributed by atoms with Gasteiger partial charge in [0.25, 0.3) is 0 Å². The molecule has 2 N–H and O–H groups in total. The van der Waals surface area contributed by atoms with Gasteiger partial charge in [0, 0.05) is 0 Å². The molecule has 0 fully saturated rings. The van der Waals surface area contributed by atoms with Gasteiger partial charge in [-0.25, -0.2) is 0 Å². The zero-order valence-corrected chi connectivity index (χ0v) is 6.88. The maximum atomic E-state index is 9.20.